The zero-order valence-electron chi connectivity index (χ0n) is 19.0. The van der Waals surface area contributed by atoms with Gasteiger partial charge in [-0.15, -0.1) is 0 Å². The minimum absolute atomic E-state index is 0.108. The van der Waals surface area contributed by atoms with E-state index in [9.17, 15) is 14.4 Å². The van der Waals surface area contributed by atoms with E-state index in [-0.39, 0.29) is 36.0 Å². The topological polar surface area (TPSA) is 88.2 Å². The molecule has 3 atom stereocenters. The Labute approximate surface area is 189 Å². The summed E-state index contributed by atoms with van der Waals surface area (Å²) in [5.41, 5.74) is 1.01. The van der Waals surface area contributed by atoms with Gasteiger partial charge in [0.1, 0.15) is 18.5 Å². The third-order valence-corrected chi connectivity index (χ3v) is 6.73. The normalized spacial score (nSPS) is 25.7. The molecule has 1 aromatic carbocycles. The second-order valence-electron chi connectivity index (χ2n) is 8.93. The van der Waals surface area contributed by atoms with Crippen LogP contribution in [0.5, 0.6) is 5.75 Å². The van der Waals surface area contributed by atoms with E-state index < -0.39 is 0 Å². The van der Waals surface area contributed by atoms with E-state index in [4.69, 9.17) is 9.47 Å². The lowest BCUT2D eigenvalue weighted by molar-refractivity contribution is -0.143. The van der Waals surface area contributed by atoms with E-state index in [1.54, 1.807) is 37.1 Å². The Morgan fingerprint density at radius 2 is 1.94 bits per heavy atom. The lowest BCUT2D eigenvalue weighted by Crippen LogP contribution is -2.54. The van der Waals surface area contributed by atoms with Crippen LogP contribution in [-0.2, 0) is 14.3 Å². The van der Waals surface area contributed by atoms with Crippen LogP contribution < -0.4 is 10.1 Å². The van der Waals surface area contributed by atoms with Crippen molar-refractivity contribution in [3.8, 4) is 5.75 Å². The molecule has 3 heterocycles. The van der Waals surface area contributed by atoms with E-state index >= 15 is 0 Å². The van der Waals surface area contributed by atoms with Gasteiger partial charge in [-0.1, -0.05) is 6.92 Å². The van der Waals surface area contributed by atoms with Crippen LogP contribution in [-0.4, -0.2) is 72.5 Å². The average molecular weight is 444 g/mol. The molecule has 1 N–H and O–H groups in total. The van der Waals surface area contributed by atoms with Crippen LogP contribution in [0.1, 0.15) is 62.2 Å². The van der Waals surface area contributed by atoms with Crippen molar-refractivity contribution < 1.29 is 23.9 Å². The molecule has 0 saturated carbocycles. The first-order valence-electron chi connectivity index (χ1n) is 11.7. The van der Waals surface area contributed by atoms with Gasteiger partial charge in [0, 0.05) is 32.2 Å². The molecule has 3 aliphatic heterocycles. The maximum atomic E-state index is 13.2. The summed E-state index contributed by atoms with van der Waals surface area (Å²) >= 11 is 0. The van der Waals surface area contributed by atoms with Gasteiger partial charge in [-0.25, -0.2) is 0 Å². The molecular formula is C24H33N3O5. The number of ether oxygens (including phenoxy) is 2. The Morgan fingerprint density at radius 3 is 2.69 bits per heavy atom. The number of amides is 3. The summed E-state index contributed by atoms with van der Waals surface area (Å²) in [5.74, 6) is 0.374. The molecule has 0 unspecified atom stereocenters. The van der Waals surface area contributed by atoms with Crippen molar-refractivity contribution in [2.24, 2.45) is 0 Å². The van der Waals surface area contributed by atoms with E-state index in [0.29, 0.717) is 36.4 Å². The van der Waals surface area contributed by atoms with Crippen molar-refractivity contribution >= 4 is 23.4 Å². The smallest absolute Gasteiger partial charge is 0.257 e. The molecule has 2 saturated heterocycles. The van der Waals surface area contributed by atoms with E-state index in [1.165, 1.54) is 6.42 Å². The van der Waals surface area contributed by atoms with Crippen molar-refractivity contribution in [3.63, 3.8) is 0 Å². The summed E-state index contributed by atoms with van der Waals surface area (Å²) in [6.07, 6.45) is 5.15. The molecular weight excluding hydrogens is 410 g/mol. The summed E-state index contributed by atoms with van der Waals surface area (Å²) in [6, 6.07) is 5.00. The lowest BCUT2D eigenvalue weighted by atomic mass is 9.94. The van der Waals surface area contributed by atoms with Crippen molar-refractivity contribution in [3.05, 3.63) is 23.8 Å². The highest BCUT2D eigenvalue weighted by Gasteiger charge is 2.39. The summed E-state index contributed by atoms with van der Waals surface area (Å²) in [7, 11) is 1.79. The maximum Gasteiger partial charge on any atom is 0.257 e. The molecule has 0 aromatic heterocycles. The van der Waals surface area contributed by atoms with Crippen LogP contribution in [0.2, 0.25) is 0 Å². The molecule has 4 rings (SSSR count). The van der Waals surface area contributed by atoms with Crippen LogP contribution in [0.25, 0.3) is 0 Å². The number of likely N-dealkylation sites (N-methyl/N-ethyl adjacent to an activating group) is 1. The number of carbonyl (C=O) groups excluding carboxylic acids is 3. The van der Waals surface area contributed by atoms with Crippen LogP contribution in [0.3, 0.4) is 0 Å². The highest BCUT2D eigenvalue weighted by atomic mass is 16.5. The van der Waals surface area contributed by atoms with Gasteiger partial charge in [-0.05, 0) is 50.3 Å². The van der Waals surface area contributed by atoms with Crippen molar-refractivity contribution in [2.75, 3.05) is 32.1 Å². The molecule has 174 valence electrons. The van der Waals surface area contributed by atoms with Crippen LogP contribution in [0.4, 0.5) is 5.69 Å². The van der Waals surface area contributed by atoms with Gasteiger partial charge < -0.3 is 24.6 Å². The first-order valence-corrected chi connectivity index (χ1v) is 11.7. The molecule has 0 spiro atoms. The molecule has 0 aliphatic carbocycles. The molecule has 2 fully saturated rings. The van der Waals surface area contributed by atoms with Gasteiger partial charge in [0.25, 0.3) is 5.91 Å². The van der Waals surface area contributed by atoms with Crippen molar-refractivity contribution in [2.45, 2.75) is 70.1 Å². The molecule has 0 bridgehead atoms. The fourth-order valence-electron chi connectivity index (χ4n) is 4.82. The number of hydrogen-bond donors (Lipinski definition) is 1. The lowest BCUT2D eigenvalue weighted by Gasteiger charge is -2.42. The minimum atomic E-state index is -0.288. The molecule has 8 heteroatoms. The van der Waals surface area contributed by atoms with Gasteiger partial charge in [0.15, 0.2) is 0 Å². The zero-order chi connectivity index (χ0) is 22.7. The first kappa shape index (κ1) is 22.6. The summed E-state index contributed by atoms with van der Waals surface area (Å²) in [6.45, 7) is 3.77. The van der Waals surface area contributed by atoms with Gasteiger partial charge >= 0.3 is 0 Å². The van der Waals surface area contributed by atoms with E-state index in [2.05, 4.69) is 5.32 Å². The monoisotopic (exact) mass is 443 g/mol. The fourth-order valence-corrected chi connectivity index (χ4v) is 4.82. The zero-order valence-corrected chi connectivity index (χ0v) is 19.0. The SMILES string of the molecule is CCC(=O)Nc1ccc2c(c1)C(=O)N(C)[C@@H]1CC[C@@H](CC(=O)N3CCCCC3)O[C@@H]1CO2. The minimum Gasteiger partial charge on any atom is -0.490 e. The molecule has 32 heavy (non-hydrogen) atoms. The van der Waals surface area contributed by atoms with Gasteiger partial charge in [0.2, 0.25) is 11.8 Å². The third-order valence-electron chi connectivity index (χ3n) is 6.73. The fraction of sp³-hybridized carbons (Fsp3) is 0.625. The van der Waals surface area contributed by atoms with Crippen molar-refractivity contribution in [1.29, 1.82) is 0 Å². The number of carbonyl (C=O) groups is 3. The maximum absolute atomic E-state index is 13.2. The van der Waals surface area contributed by atoms with E-state index in [1.807, 2.05) is 4.90 Å². The summed E-state index contributed by atoms with van der Waals surface area (Å²) in [5, 5.41) is 2.79. The van der Waals surface area contributed by atoms with Gasteiger partial charge in [-0.2, -0.15) is 0 Å². The number of rotatable bonds is 4. The van der Waals surface area contributed by atoms with Gasteiger partial charge in [0.05, 0.1) is 24.1 Å². The largest absolute Gasteiger partial charge is 0.490 e. The van der Waals surface area contributed by atoms with Crippen LogP contribution in [0, 0.1) is 0 Å². The predicted molar refractivity (Wildman–Crippen MR) is 120 cm³/mol. The van der Waals surface area contributed by atoms with E-state index in [0.717, 1.165) is 38.8 Å². The molecule has 3 amide bonds. The number of hydrogen-bond acceptors (Lipinski definition) is 5. The number of nitrogens with zero attached hydrogens (tertiary/aromatic N) is 2. The second-order valence-corrected chi connectivity index (χ2v) is 8.93. The Bertz CT molecular complexity index is 867. The Kier molecular flexibility index (Phi) is 6.98. The van der Waals surface area contributed by atoms with Crippen LogP contribution in [0.15, 0.2) is 18.2 Å². The van der Waals surface area contributed by atoms with Gasteiger partial charge in [-0.3, -0.25) is 14.4 Å². The second kappa shape index (κ2) is 9.90. The predicted octanol–water partition coefficient (Wildman–Crippen LogP) is 2.82. The average Bonchev–Trinajstić information content (AvgIpc) is 2.82. The number of piperidine rings is 1. The first-order chi connectivity index (χ1) is 15.5. The molecule has 1 aromatic rings. The number of benzene rings is 1. The Hall–Kier alpha value is -2.61. The molecule has 8 nitrogen and oxygen atoms in total. The number of likely N-dealkylation sites (tertiary alicyclic amines) is 1. The van der Waals surface area contributed by atoms with Crippen molar-refractivity contribution in [1.82, 2.24) is 9.80 Å². The number of nitrogens with one attached hydrogen (secondary N) is 1. The standard InChI is InChI=1S/C24H33N3O5/c1-3-22(28)25-16-7-10-20-18(13-16)24(30)26(2)19-9-8-17(32-21(19)15-31-20)14-23(29)27-11-5-4-6-12-27/h7,10,13,17,19,21H,3-6,8-9,11-12,14-15H2,1-2H3,(H,25,28)/t17-,19+,21+/m0/s1. The van der Waals surface area contributed by atoms with Crippen LogP contribution >= 0.6 is 0 Å². The third kappa shape index (κ3) is 4.90. The Balaban J connectivity index is 1.44. The molecule has 0 radical (unpaired) electrons. The Morgan fingerprint density at radius 1 is 1.16 bits per heavy atom. The highest BCUT2D eigenvalue weighted by molar-refractivity contribution is 5.99. The quantitative estimate of drug-likeness (QED) is 0.773. The number of anilines is 1. The highest BCUT2D eigenvalue weighted by Crippen LogP contribution is 2.32. The molecule has 3 aliphatic rings. The summed E-state index contributed by atoms with van der Waals surface area (Å²) < 4.78 is 12.3. The summed E-state index contributed by atoms with van der Waals surface area (Å²) in [4.78, 5) is 41.3. The number of fused-ring (bicyclic) bond motifs is 2.